The molecule has 2 aromatic carbocycles. The number of nitrogens with zero attached hydrogens (tertiary/aromatic N) is 2. The summed E-state index contributed by atoms with van der Waals surface area (Å²) in [6, 6.07) is 12.5. The predicted octanol–water partition coefficient (Wildman–Crippen LogP) is 3.85. The van der Waals surface area contributed by atoms with E-state index in [1.807, 2.05) is 13.8 Å². The number of hydrazine groups is 1. The van der Waals surface area contributed by atoms with Gasteiger partial charge in [-0.3, -0.25) is 10.2 Å². The van der Waals surface area contributed by atoms with Crippen molar-refractivity contribution < 1.29 is 28.7 Å². The Hall–Kier alpha value is -3.27. The van der Waals surface area contributed by atoms with Crippen LogP contribution in [0.15, 0.2) is 53.1 Å². The summed E-state index contributed by atoms with van der Waals surface area (Å²) in [5.41, 5.74) is 4.76. The van der Waals surface area contributed by atoms with E-state index < -0.39 is 23.8 Å². The molecule has 8 nitrogen and oxygen atoms in total. The predicted molar refractivity (Wildman–Crippen MR) is 119 cm³/mol. The lowest BCUT2D eigenvalue weighted by atomic mass is 10.0. The Morgan fingerprint density at radius 1 is 1.18 bits per heavy atom. The lowest BCUT2D eigenvalue weighted by molar-refractivity contribution is -0.148. The molecule has 3 N–H and O–H groups in total. The van der Waals surface area contributed by atoms with Crippen molar-refractivity contribution in [3.05, 3.63) is 76.4 Å². The Morgan fingerprint density at radius 2 is 1.88 bits per heavy atom. The molecule has 0 aliphatic heterocycles. The first-order chi connectivity index (χ1) is 15.6. The number of nitrogens with one attached hydrogen (secondary N) is 1. The molecule has 0 bridgehead atoms. The smallest absolute Gasteiger partial charge is 0.333 e. The SMILES string of the molecule is CC(C)c1cc(C(=O)NN(Cc2ccc(-c3cc(Cl)ccc3F)cc2)C[C@@H](O)C(=O)O)on1. The van der Waals surface area contributed by atoms with Crippen molar-refractivity contribution in [3.8, 4) is 11.1 Å². The molecule has 1 amide bonds. The van der Waals surface area contributed by atoms with Crippen LogP contribution in [0.25, 0.3) is 11.1 Å². The van der Waals surface area contributed by atoms with Crippen LogP contribution in [0.3, 0.4) is 0 Å². The maximum Gasteiger partial charge on any atom is 0.333 e. The number of rotatable bonds is 9. The van der Waals surface area contributed by atoms with Crippen LogP contribution in [0.1, 0.15) is 41.6 Å². The minimum absolute atomic E-state index is 0.0414. The van der Waals surface area contributed by atoms with Crippen LogP contribution in [0, 0.1) is 5.82 Å². The van der Waals surface area contributed by atoms with Gasteiger partial charge in [-0.15, -0.1) is 0 Å². The standard InChI is InChI=1S/C23H23ClFN3O5/c1-13(2)19-10-21(33-27-19)22(30)26-28(12-20(29)23(31)32)11-14-3-5-15(6-4-14)17-9-16(24)7-8-18(17)25/h3-10,13,20,29H,11-12H2,1-2H3,(H,26,30)(H,31,32)/t20-/m1/s1. The van der Waals surface area contributed by atoms with E-state index in [0.29, 0.717) is 27.4 Å². The molecule has 3 rings (SSSR count). The van der Waals surface area contributed by atoms with Gasteiger partial charge in [0.15, 0.2) is 6.10 Å². The van der Waals surface area contributed by atoms with Crippen LogP contribution >= 0.6 is 11.6 Å². The van der Waals surface area contributed by atoms with Crippen LogP contribution < -0.4 is 5.43 Å². The molecule has 1 atom stereocenters. The van der Waals surface area contributed by atoms with E-state index in [0.717, 1.165) is 0 Å². The Morgan fingerprint density at radius 3 is 2.48 bits per heavy atom. The van der Waals surface area contributed by atoms with Crippen molar-refractivity contribution >= 4 is 23.5 Å². The van der Waals surface area contributed by atoms with Crippen molar-refractivity contribution in [1.82, 2.24) is 15.6 Å². The normalized spacial score (nSPS) is 12.2. The lowest BCUT2D eigenvalue weighted by Gasteiger charge is -2.24. The fourth-order valence-corrected chi connectivity index (χ4v) is 3.20. The third kappa shape index (κ3) is 6.38. The van der Waals surface area contributed by atoms with Crippen LogP contribution in [0.5, 0.6) is 0 Å². The van der Waals surface area contributed by atoms with Gasteiger partial charge in [0, 0.05) is 23.2 Å². The molecule has 10 heteroatoms. The minimum atomic E-state index is -1.73. The van der Waals surface area contributed by atoms with Crippen LogP contribution in [-0.4, -0.2) is 44.9 Å². The molecule has 33 heavy (non-hydrogen) atoms. The zero-order chi connectivity index (χ0) is 24.1. The monoisotopic (exact) mass is 475 g/mol. The number of hydrogen-bond acceptors (Lipinski definition) is 6. The van der Waals surface area contributed by atoms with E-state index in [-0.39, 0.29) is 24.8 Å². The van der Waals surface area contributed by atoms with Gasteiger partial charge in [-0.2, -0.15) is 0 Å². The second-order valence-corrected chi connectivity index (χ2v) is 8.20. The van der Waals surface area contributed by atoms with E-state index in [1.165, 1.54) is 29.3 Å². The largest absolute Gasteiger partial charge is 0.479 e. The van der Waals surface area contributed by atoms with Gasteiger partial charge < -0.3 is 14.7 Å². The highest BCUT2D eigenvalue weighted by Crippen LogP contribution is 2.26. The number of benzene rings is 2. The molecule has 0 saturated heterocycles. The van der Waals surface area contributed by atoms with Crippen molar-refractivity contribution in [2.24, 2.45) is 0 Å². The average Bonchev–Trinajstić information content (AvgIpc) is 3.27. The van der Waals surface area contributed by atoms with E-state index in [4.69, 9.17) is 21.2 Å². The van der Waals surface area contributed by atoms with Crippen LogP contribution in [0.2, 0.25) is 5.02 Å². The summed E-state index contributed by atoms with van der Waals surface area (Å²) < 4.78 is 19.2. The number of carboxylic acids is 1. The molecule has 0 unspecified atom stereocenters. The third-order valence-corrected chi connectivity index (χ3v) is 5.08. The van der Waals surface area contributed by atoms with Crippen molar-refractivity contribution in [2.45, 2.75) is 32.4 Å². The summed E-state index contributed by atoms with van der Waals surface area (Å²) in [5, 5.41) is 24.4. The van der Waals surface area contributed by atoms with Crippen LogP contribution in [-0.2, 0) is 11.3 Å². The Kier molecular flexibility index (Phi) is 7.80. The van der Waals surface area contributed by atoms with Gasteiger partial charge in [0.1, 0.15) is 5.82 Å². The molecule has 0 fully saturated rings. The van der Waals surface area contributed by atoms with Crippen molar-refractivity contribution in [2.75, 3.05) is 6.54 Å². The number of carbonyl (C=O) groups is 2. The summed E-state index contributed by atoms with van der Waals surface area (Å²) >= 11 is 5.96. The quantitative estimate of drug-likeness (QED) is 0.402. The molecule has 3 aromatic rings. The number of aliphatic hydroxyl groups is 1. The van der Waals surface area contributed by atoms with E-state index in [1.54, 1.807) is 24.3 Å². The molecule has 0 spiro atoms. The van der Waals surface area contributed by atoms with Gasteiger partial charge in [0.2, 0.25) is 5.76 Å². The van der Waals surface area contributed by atoms with E-state index in [9.17, 15) is 19.1 Å². The van der Waals surface area contributed by atoms with Gasteiger partial charge in [-0.05, 0) is 35.2 Å². The van der Waals surface area contributed by atoms with E-state index >= 15 is 0 Å². The molecule has 0 aliphatic carbocycles. The van der Waals surface area contributed by atoms with Gasteiger partial charge >= 0.3 is 11.9 Å². The Balaban J connectivity index is 1.77. The number of carboxylic acid groups (broad SMARTS) is 1. The van der Waals surface area contributed by atoms with E-state index in [2.05, 4.69) is 10.6 Å². The maximum atomic E-state index is 14.1. The summed E-state index contributed by atoms with van der Waals surface area (Å²) in [6.07, 6.45) is -1.73. The number of aliphatic hydroxyl groups excluding tert-OH is 1. The molecule has 0 aliphatic rings. The molecule has 174 valence electrons. The summed E-state index contributed by atoms with van der Waals surface area (Å²) in [5.74, 6) is -2.46. The van der Waals surface area contributed by atoms with Gasteiger partial charge in [-0.25, -0.2) is 14.2 Å². The number of halogens is 2. The van der Waals surface area contributed by atoms with Crippen molar-refractivity contribution in [3.63, 3.8) is 0 Å². The average molecular weight is 476 g/mol. The molecular weight excluding hydrogens is 453 g/mol. The number of amides is 1. The first kappa shape index (κ1) is 24.4. The summed E-state index contributed by atoms with van der Waals surface area (Å²) in [4.78, 5) is 23.7. The fraction of sp³-hybridized carbons (Fsp3) is 0.261. The summed E-state index contributed by atoms with van der Waals surface area (Å²) in [6.45, 7) is 3.48. The zero-order valence-corrected chi connectivity index (χ0v) is 18.7. The first-order valence-corrected chi connectivity index (χ1v) is 10.5. The highest BCUT2D eigenvalue weighted by Gasteiger charge is 2.22. The maximum absolute atomic E-state index is 14.1. The van der Waals surface area contributed by atoms with Gasteiger partial charge in [0.25, 0.3) is 0 Å². The van der Waals surface area contributed by atoms with Gasteiger partial charge in [-0.1, -0.05) is 54.9 Å². The highest BCUT2D eigenvalue weighted by molar-refractivity contribution is 6.30. The second-order valence-electron chi connectivity index (χ2n) is 7.77. The number of aliphatic carboxylic acids is 1. The number of carbonyl (C=O) groups excluding carboxylic acids is 1. The number of hydrogen-bond donors (Lipinski definition) is 3. The minimum Gasteiger partial charge on any atom is -0.479 e. The zero-order valence-electron chi connectivity index (χ0n) is 18.0. The number of aromatic nitrogens is 1. The summed E-state index contributed by atoms with van der Waals surface area (Å²) in [7, 11) is 0. The molecular formula is C23H23ClFN3O5. The first-order valence-electron chi connectivity index (χ1n) is 10.1. The fourth-order valence-electron chi connectivity index (χ4n) is 3.03. The second kappa shape index (κ2) is 10.6. The third-order valence-electron chi connectivity index (χ3n) is 4.85. The van der Waals surface area contributed by atoms with Gasteiger partial charge in [0.05, 0.1) is 12.2 Å². The van der Waals surface area contributed by atoms with Crippen LogP contribution in [0.4, 0.5) is 4.39 Å². The Bertz CT molecular complexity index is 1130. The molecule has 0 radical (unpaired) electrons. The molecule has 0 saturated carbocycles. The molecule has 1 heterocycles. The lowest BCUT2D eigenvalue weighted by Crippen LogP contribution is -2.47. The van der Waals surface area contributed by atoms with Crippen molar-refractivity contribution in [1.29, 1.82) is 0 Å². The highest BCUT2D eigenvalue weighted by atomic mass is 35.5. The molecule has 1 aromatic heterocycles. The topological polar surface area (TPSA) is 116 Å². The Labute approximate surface area is 194 Å².